The quantitative estimate of drug-likeness (QED) is 0.255. The molecule has 0 heterocycles. The van der Waals surface area contributed by atoms with Crippen LogP contribution in [0.25, 0.3) is 11.1 Å². The molecule has 0 aliphatic heterocycles. The second-order valence-corrected chi connectivity index (χ2v) is 8.90. The lowest BCUT2D eigenvalue weighted by atomic mass is 9.98. The highest BCUT2D eigenvalue weighted by Crippen LogP contribution is 2.32. The highest BCUT2D eigenvalue weighted by molar-refractivity contribution is 5.98. The highest BCUT2D eigenvalue weighted by atomic mass is 16.5. The maximum Gasteiger partial charge on any atom is 0.336 e. The van der Waals surface area contributed by atoms with Gasteiger partial charge < -0.3 is 19.5 Å². The molecule has 4 aromatic rings. The number of amides is 1. The minimum Gasteiger partial charge on any atom is -0.493 e. The number of methoxy groups -OCH3 is 2. The molecule has 0 fully saturated rings. The van der Waals surface area contributed by atoms with E-state index in [1.165, 1.54) is 12.7 Å². The van der Waals surface area contributed by atoms with E-state index >= 15 is 0 Å². The molecule has 0 aliphatic rings. The smallest absolute Gasteiger partial charge is 0.336 e. The third-order valence-electron chi connectivity index (χ3n) is 6.45. The molecule has 6 nitrogen and oxygen atoms in total. The molecule has 38 heavy (non-hydrogen) atoms. The Kier molecular flexibility index (Phi) is 8.77. The molecule has 0 aliphatic carbocycles. The van der Waals surface area contributed by atoms with Crippen molar-refractivity contribution in [3.63, 3.8) is 0 Å². The minimum absolute atomic E-state index is 0.144. The van der Waals surface area contributed by atoms with Crippen LogP contribution in [0.15, 0.2) is 97.1 Å². The summed E-state index contributed by atoms with van der Waals surface area (Å²) >= 11 is 0. The number of carboxylic acids is 1. The molecular formula is C32H31NO5. The van der Waals surface area contributed by atoms with Gasteiger partial charge >= 0.3 is 5.97 Å². The number of aromatic carboxylic acids is 1. The molecule has 6 heteroatoms. The first kappa shape index (κ1) is 26.5. The Labute approximate surface area is 223 Å². The van der Waals surface area contributed by atoms with Gasteiger partial charge in [-0.1, -0.05) is 78.9 Å². The lowest BCUT2D eigenvalue weighted by Crippen LogP contribution is -2.32. The van der Waals surface area contributed by atoms with Crippen LogP contribution in [0.2, 0.25) is 0 Å². The lowest BCUT2D eigenvalue weighted by molar-refractivity contribution is 0.0695. The van der Waals surface area contributed by atoms with Crippen LogP contribution < -0.4 is 9.47 Å². The van der Waals surface area contributed by atoms with Gasteiger partial charge in [0, 0.05) is 13.1 Å². The van der Waals surface area contributed by atoms with Crippen LogP contribution >= 0.6 is 0 Å². The van der Waals surface area contributed by atoms with Crippen LogP contribution in [0.4, 0.5) is 0 Å². The Morgan fingerprint density at radius 1 is 0.737 bits per heavy atom. The molecule has 0 bridgehead atoms. The van der Waals surface area contributed by atoms with Gasteiger partial charge in [-0.2, -0.15) is 0 Å². The number of hydrogen-bond acceptors (Lipinski definition) is 4. The fraction of sp³-hybridized carbons (Fsp3) is 0.188. The van der Waals surface area contributed by atoms with Gasteiger partial charge in [0.15, 0.2) is 11.5 Å². The third kappa shape index (κ3) is 6.21. The van der Waals surface area contributed by atoms with Gasteiger partial charge in [0.1, 0.15) is 0 Å². The summed E-state index contributed by atoms with van der Waals surface area (Å²) in [6, 6.07) is 30.1. The van der Waals surface area contributed by atoms with E-state index in [2.05, 4.69) is 12.1 Å². The summed E-state index contributed by atoms with van der Waals surface area (Å²) in [4.78, 5) is 27.2. The van der Waals surface area contributed by atoms with Crippen molar-refractivity contribution in [1.29, 1.82) is 0 Å². The molecule has 1 N–H and O–H groups in total. The van der Waals surface area contributed by atoms with E-state index in [9.17, 15) is 14.7 Å². The fourth-order valence-electron chi connectivity index (χ4n) is 4.53. The Hall–Kier alpha value is -4.58. The van der Waals surface area contributed by atoms with Crippen molar-refractivity contribution >= 4 is 11.9 Å². The number of hydrogen-bond donors (Lipinski definition) is 1. The number of para-hydroxylation sites is 1. The van der Waals surface area contributed by atoms with E-state index in [4.69, 9.17) is 9.47 Å². The van der Waals surface area contributed by atoms with Crippen molar-refractivity contribution in [3.8, 4) is 22.6 Å². The number of nitrogens with zero attached hydrogens (tertiary/aromatic N) is 1. The van der Waals surface area contributed by atoms with Gasteiger partial charge in [-0.25, -0.2) is 4.79 Å². The molecule has 0 saturated carbocycles. The maximum absolute atomic E-state index is 13.8. The van der Waals surface area contributed by atoms with E-state index in [0.717, 1.165) is 24.0 Å². The average Bonchev–Trinajstić information content (AvgIpc) is 2.96. The van der Waals surface area contributed by atoms with Crippen LogP contribution in [0, 0.1) is 0 Å². The van der Waals surface area contributed by atoms with E-state index in [-0.39, 0.29) is 11.5 Å². The fourth-order valence-corrected chi connectivity index (χ4v) is 4.53. The maximum atomic E-state index is 13.8. The molecule has 1 amide bonds. The molecule has 0 saturated heterocycles. The summed E-state index contributed by atoms with van der Waals surface area (Å²) < 4.78 is 10.9. The van der Waals surface area contributed by atoms with Crippen molar-refractivity contribution in [1.82, 2.24) is 4.90 Å². The van der Waals surface area contributed by atoms with Gasteiger partial charge in [0.05, 0.1) is 25.3 Å². The van der Waals surface area contributed by atoms with E-state index in [1.807, 2.05) is 53.4 Å². The van der Waals surface area contributed by atoms with Crippen LogP contribution in [0.3, 0.4) is 0 Å². The Morgan fingerprint density at radius 3 is 2.11 bits per heavy atom. The van der Waals surface area contributed by atoms with E-state index < -0.39 is 5.97 Å². The Morgan fingerprint density at radius 2 is 1.42 bits per heavy atom. The monoisotopic (exact) mass is 509 g/mol. The minimum atomic E-state index is -0.966. The largest absolute Gasteiger partial charge is 0.493 e. The number of benzene rings is 4. The number of ether oxygens (including phenoxy) is 2. The summed E-state index contributed by atoms with van der Waals surface area (Å²) in [6.45, 7) is 0.951. The highest BCUT2D eigenvalue weighted by Gasteiger charge is 2.22. The number of carbonyl (C=O) groups excluding carboxylic acids is 1. The zero-order chi connectivity index (χ0) is 26.9. The van der Waals surface area contributed by atoms with Crippen LogP contribution in [-0.2, 0) is 13.0 Å². The molecule has 0 spiro atoms. The molecule has 0 radical (unpaired) electrons. The normalized spacial score (nSPS) is 10.6. The molecule has 4 rings (SSSR count). The first-order valence-corrected chi connectivity index (χ1v) is 12.5. The van der Waals surface area contributed by atoms with Gasteiger partial charge in [-0.3, -0.25) is 4.79 Å². The molecule has 194 valence electrons. The molecule has 0 aromatic heterocycles. The Bertz CT molecular complexity index is 1380. The first-order chi connectivity index (χ1) is 18.5. The number of carboxylic acid groups (broad SMARTS) is 1. The topological polar surface area (TPSA) is 76.1 Å². The summed E-state index contributed by atoms with van der Waals surface area (Å²) in [5, 5.41) is 9.55. The molecule has 0 unspecified atom stereocenters. The summed E-state index contributed by atoms with van der Waals surface area (Å²) in [6.07, 6.45) is 1.65. The lowest BCUT2D eigenvalue weighted by Gasteiger charge is -2.24. The summed E-state index contributed by atoms with van der Waals surface area (Å²) in [7, 11) is 3.08. The zero-order valence-corrected chi connectivity index (χ0v) is 21.6. The van der Waals surface area contributed by atoms with E-state index in [1.54, 1.807) is 43.5 Å². The summed E-state index contributed by atoms with van der Waals surface area (Å²) in [5.74, 6) is -0.195. The van der Waals surface area contributed by atoms with Gasteiger partial charge in [-0.15, -0.1) is 0 Å². The van der Waals surface area contributed by atoms with Crippen molar-refractivity contribution in [2.24, 2.45) is 0 Å². The summed E-state index contributed by atoms with van der Waals surface area (Å²) in [5.41, 5.74) is 4.32. The predicted octanol–water partition coefficient (Wildman–Crippen LogP) is 6.34. The van der Waals surface area contributed by atoms with Crippen LogP contribution in [0.5, 0.6) is 11.5 Å². The standard InChI is InChI=1S/C32H31NO5/c1-37-29-16-8-15-28(30(29)38-2)31(34)33(21-9-12-23-10-4-3-5-11-23)22-24-17-19-25(20-18-24)26-13-6-7-14-27(26)32(35)36/h3-8,10-11,13-20H,9,12,21-22H2,1-2H3,(H,35,36). The molecule has 4 aromatic carbocycles. The molecule has 0 atom stereocenters. The number of aryl methyl sites for hydroxylation is 1. The van der Waals surface area contributed by atoms with Gasteiger partial charge in [0.25, 0.3) is 5.91 Å². The van der Waals surface area contributed by atoms with Gasteiger partial charge in [0.2, 0.25) is 0 Å². The number of rotatable bonds is 11. The third-order valence-corrected chi connectivity index (χ3v) is 6.45. The van der Waals surface area contributed by atoms with Crippen molar-refractivity contribution < 1.29 is 24.2 Å². The van der Waals surface area contributed by atoms with Gasteiger partial charge in [-0.05, 0) is 53.3 Å². The second kappa shape index (κ2) is 12.6. The van der Waals surface area contributed by atoms with Crippen LogP contribution in [0.1, 0.15) is 38.3 Å². The van der Waals surface area contributed by atoms with E-state index in [0.29, 0.717) is 35.7 Å². The van der Waals surface area contributed by atoms with Crippen LogP contribution in [-0.4, -0.2) is 42.6 Å². The van der Waals surface area contributed by atoms with Crippen molar-refractivity contribution in [2.45, 2.75) is 19.4 Å². The second-order valence-electron chi connectivity index (χ2n) is 8.90. The SMILES string of the molecule is COc1cccc(C(=O)N(CCCc2ccccc2)Cc2ccc(-c3ccccc3C(=O)O)cc2)c1OC. The van der Waals surface area contributed by atoms with Crippen molar-refractivity contribution in [2.75, 3.05) is 20.8 Å². The predicted molar refractivity (Wildman–Crippen MR) is 148 cm³/mol. The van der Waals surface area contributed by atoms with Crippen molar-refractivity contribution in [3.05, 3.63) is 119 Å². The number of carbonyl (C=O) groups is 2. The molecular weight excluding hydrogens is 478 g/mol. The Balaban J connectivity index is 1.59. The first-order valence-electron chi connectivity index (χ1n) is 12.5. The average molecular weight is 510 g/mol. The zero-order valence-electron chi connectivity index (χ0n) is 21.6.